The summed E-state index contributed by atoms with van der Waals surface area (Å²) in [6.45, 7) is 1.66. The minimum atomic E-state index is 0.0414. The Hall–Kier alpha value is -2.01. The van der Waals surface area contributed by atoms with Gasteiger partial charge in [-0.2, -0.15) is 11.3 Å². The van der Waals surface area contributed by atoms with Crippen molar-refractivity contribution in [2.75, 3.05) is 26.8 Å². The minimum absolute atomic E-state index is 0.0414. The molecule has 2 heterocycles. The molecule has 3 rings (SSSR count). The molecular weight excluding hydrogens is 310 g/mol. The molecule has 0 unspecified atom stereocenters. The van der Waals surface area contributed by atoms with Crippen molar-refractivity contribution in [2.45, 2.75) is 18.8 Å². The Morgan fingerprint density at radius 2 is 1.96 bits per heavy atom. The summed E-state index contributed by atoms with van der Waals surface area (Å²) < 4.78 is 10.9. The number of rotatable bonds is 5. The fraction of sp³-hybridized carbons (Fsp3) is 0.389. The Balaban J connectivity index is 1.50. The summed E-state index contributed by atoms with van der Waals surface area (Å²) in [5.41, 5.74) is 1.41. The highest BCUT2D eigenvalue weighted by Gasteiger charge is 2.24. The number of carbonyl (C=O) groups excluding carboxylic acids is 1. The van der Waals surface area contributed by atoms with Crippen LogP contribution in [0.3, 0.4) is 0 Å². The first-order chi connectivity index (χ1) is 11.3. The van der Waals surface area contributed by atoms with E-state index in [1.165, 1.54) is 5.56 Å². The van der Waals surface area contributed by atoms with Gasteiger partial charge in [0.1, 0.15) is 0 Å². The topological polar surface area (TPSA) is 38.8 Å². The number of amides is 1. The van der Waals surface area contributed by atoms with E-state index in [1.54, 1.807) is 18.4 Å². The van der Waals surface area contributed by atoms with Crippen molar-refractivity contribution < 1.29 is 14.3 Å². The van der Waals surface area contributed by atoms with Crippen LogP contribution in [-0.4, -0.2) is 37.6 Å². The van der Waals surface area contributed by atoms with Crippen molar-refractivity contribution in [3.05, 3.63) is 46.7 Å². The average molecular weight is 331 g/mol. The van der Waals surface area contributed by atoms with Crippen LogP contribution >= 0.6 is 11.3 Å². The lowest BCUT2D eigenvalue weighted by Gasteiger charge is -2.31. The average Bonchev–Trinajstić information content (AvgIpc) is 3.14. The van der Waals surface area contributed by atoms with Crippen molar-refractivity contribution >= 4 is 17.2 Å². The Morgan fingerprint density at radius 3 is 2.61 bits per heavy atom. The summed E-state index contributed by atoms with van der Waals surface area (Å²) in [5, 5.41) is 4.33. The number of hydrogen-bond donors (Lipinski definition) is 0. The van der Waals surface area contributed by atoms with Crippen LogP contribution in [0.25, 0.3) is 0 Å². The second kappa shape index (κ2) is 7.51. The van der Waals surface area contributed by atoms with Gasteiger partial charge in [-0.3, -0.25) is 4.79 Å². The van der Waals surface area contributed by atoms with E-state index in [0.717, 1.165) is 25.9 Å². The number of nitrogens with zero attached hydrogens (tertiary/aromatic N) is 1. The first-order valence-electron chi connectivity index (χ1n) is 7.83. The van der Waals surface area contributed by atoms with Crippen molar-refractivity contribution in [2.24, 2.45) is 0 Å². The third kappa shape index (κ3) is 3.85. The molecule has 0 N–H and O–H groups in total. The maximum atomic E-state index is 12.3. The summed E-state index contributed by atoms with van der Waals surface area (Å²) >= 11 is 1.74. The first kappa shape index (κ1) is 15.9. The highest BCUT2D eigenvalue weighted by atomic mass is 32.1. The van der Waals surface area contributed by atoms with Gasteiger partial charge in [-0.25, -0.2) is 0 Å². The molecule has 0 radical (unpaired) electrons. The molecule has 0 atom stereocenters. The molecular formula is C18H21NO3S. The van der Waals surface area contributed by atoms with Crippen molar-refractivity contribution in [1.82, 2.24) is 4.90 Å². The predicted molar refractivity (Wildman–Crippen MR) is 91.4 cm³/mol. The van der Waals surface area contributed by atoms with Gasteiger partial charge < -0.3 is 14.4 Å². The van der Waals surface area contributed by atoms with Crippen molar-refractivity contribution in [1.29, 1.82) is 0 Å². The summed E-state index contributed by atoms with van der Waals surface area (Å²) in [4.78, 5) is 14.2. The SMILES string of the molecule is COc1ccccc1OCC(=O)N1CCC(c2ccsc2)CC1. The van der Waals surface area contributed by atoms with Gasteiger partial charge in [-0.05, 0) is 53.3 Å². The number of para-hydroxylation sites is 2. The maximum absolute atomic E-state index is 12.3. The second-order valence-electron chi connectivity index (χ2n) is 5.65. The van der Waals surface area contributed by atoms with Crippen LogP contribution in [0.4, 0.5) is 0 Å². The third-order valence-electron chi connectivity index (χ3n) is 4.28. The van der Waals surface area contributed by atoms with Crippen LogP contribution in [0, 0.1) is 0 Å². The van der Waals surface area contributed by atoms with E-state index in [2.05, 4.69) is 16.8 Å². The molecule has 0 bridgehead atoms. The zero-order valence-electron chi connectivity index (χ0n) is 13.2. The highest BCUT2D eigenvalue weighted by molar-refractivity contribution is 7.07. The van der Waals surface area contributed by atoms with E-state index in [-0.39, 0.29) is 12.5 Å². The van der Waals surface area contributed by atoms with Gasteiger partial charge in [0.05, 0.1) is 7.11 Å². The van der Waals surface area contributed by atoms with Crippen molar-refractivity contribution in [3.8, 4) is 11.5 Å². The molecule has 23 heavy (non-hydrogen) atoms. The van der Waals surface area contributed by atoms with Gasteiger partial charge in [0, 0.05) is 13.1 Å². The number of ether oxygens (including phenoxy) is 2. The van der Waals surface area contributed by atoms with Gasteiger partial charge in [-0.1, -0.05) is 12.1 Å². The largest absolute Gasteiger partial charge is 0.493 e. The molecule has 0 saturated carbocycles. The quantitative estimate of drug-likeness (QED) is 0.841. The van der Waals surface area contributed by atoms with Crippen LogP contribution in [0.15, 0.2) is 41.1 Å². The molecule has 2 aromatic rings. The lowest BCUT2D eigenvalue weighted by atomic mass is 9.91. The number of methoxy groups -OCH3 is 1. The normalized spacial score (nSPS) is 15.4. The van der Waals surface area contributed by atoms with E-state index < -0.39 is 0 Å². The molecule has 122 valence electrons. The third-order valence-corrected chi connectivity index (χ3v) is 4.98. The molecule has 1 aliphatic rings. The fourth-order valence-electron chi connectivity index (χ4n) is 2.94. The highest BCUT2D eigenvalue weighted by Crippen LogP contribution is 2.30. The van der Waals surface area contributed by atoms with Gasteiger partial charge >= 0.3 is 0 Å². The van der Waals surface area contributed by atoms with Gasteiger partial charge in [0.15, 0.2) is 18.1 Å². The number of hydrogen-bond acceptors (Lipinski definition) is 4. The number of thiophene rings is 1. The molecule has 5 heteroatoms. The summed E-state index contributed by atoms with van der Waals surface area (Å²) in [7, 11) is 1.60. The number of benzene rings is 1. The summed E-state index contributed by atoms with van der Waals surface area (Å²) in [5.74, 6) is 1.88. The predicted octanol–water partition coefficient (Wildman–Crippen LogP) is 3.54. The lowest BCUT2D eigenvalue weighted by molar-refractivity contribution is -0.134. The Kier molecular flexibility index (Phi) is 5.18. The van der Waals surface area contributed by atoms with Crippen LogP contribution < -0.4 is 9.47 Å². The van der Waals surface area contributed by atoms with Crippen LogP contribution in [0.1, 0.15) is 24.3 Å². The second-order valence-corrected chi connectivity index (χ2v) is 6.43. The summed E-state index contributed by atoms with van der Waals surface area (Å²) in [6.07, 6.45) is 2.05. The zero-order chi connectivity index (χ0) is 16.1. The zero-order valence-corrected chi connectivity index (χ0v) is 14.1. The Labute approximate surface area is 140 Å². The molecule has 1 aromatic heterocycles. The number of carbonyl (C=O) groups is 1. The minimum Gasteiger partial charge on any atom is -0.493 e. The van der Waals surface area contributed by atoms with E-state index in [4.69, 9.17) is 9.47 Å². The monoisotopic (exact) mass is 331 g/mol. The number of likely N-dealkylation sites (tertiary alicyclic amines) is 1. The van der Waals surface area contributed by atoms with Crippen LogP contribution in [0.5, 0.6) is 11.5 Å². The Bertz CT molecular complexity index is 633. The van der Waals surface area contributed by atoms with Gasteiger partial charge in [-0.15, -0.1) is 0 Å². The lowest BCUT2D eigenvalue weighted by Crippen LogP contribution is -2.40. The fourth-order valence-corrected chi connectivity index (χ4v) is 3.68. The van der Waals surface area contributed by atoms with E-state index in [1.807, 2.05) is 29.2 Å². The van der Waals surface area contributed by atoms with Gasteiger partial charge in [0.25, 0.3) is 5.91 Å². The van der Waals surface area contributed by atoms with Crippen molar-refractivity contribution in [3.63, 3.8) is 0 Å². The molecule has 1 saturated heterocycles. The molecule has 1 aromatic carbocycles. The molecule has 0 spiro atoms. The molecule has 1 amide bonds. The summed E-state index contributed by atoms with van der Waals surface area (Å²) in [6, 6.07) is 9.58. The smallest absolute Gasteiger partial charge is 0.260 e. The van der Waals surface area contributed by atoms with E-state index >= 15 is 0 Å². The van der Waals surface area contributed by atoms with E-state index in [9.17, 15) is 4.79 Å². The molecule has 0 aliphatic carbocycles. The van der Waals surface area contributed by atoms with Crippen LogP contribution in [0.2, 0.25) is 0 Å². The number of piperidine rings is 1. The Morgan fingerprint density at radius 1 is 1.22 bits per heavy atom. The first-order valence-corrected chi connectivity index (χ1v) is 8.78. The molecule has 1 fully saturated rings. The van der Waals surface area contributed by atoms with Gasteiger partial charge in [0.2, 0.25) is 0 Å². The van der Waals surface area contributed by atoms with Crippen LogP contribution in [-0.2, 0) is 4.79 Å². The molecule has 1 aliphatic heterocycles. The standard InChI is InChI=1S/C18H21NO3S/c1-21-16-4-2-3-5-17(16)22-12-18(20)19-9-6-14(7-10-19)15-8-11-23-13-15/h2-5,8,11,13-14H,6-7,9-10,12H2,1H3. The van der Waals surface area contributed by atoms with E-state index in [0.29, 0.717) is 17.4 Å². The maximum Gasteiger partial charge on any atom is 0.260 e. The molecule has 4 nitrogen and oxygen atoms in total.